The molecule has 0 saturated heterocycles. The molecule has 0 bridgehead atoms. The van der Waals surface area contributed by atoms with E-state index in [1.165, 1.54) is 6.92 Å². The molecule has 0 radical (unpaired) electrons. The molecule has 4 atom stereocenters. The van der Waals surface area contributed by atoms with Gasteiger partial charge in [-0.2, -0.15) is 43.2 Å². The van der Waals surface area contributed by atoms with Gasteiger partial charge in [0.1, 0.15) is 0 Å². The van der Waals surface area contributed by atoms with Gasteiger partial charge in [0.25, 0.3) is 20.2 Å². The normalized spacial score (nSPS) is 19.3. The third kappa shape index (κ3) is 7.41. The van der Waals surface area contributed by atoms with E-state index in [4.69, 9.17) is 9.66 Å². The highest BCUT2D eigenvalue weighted by atomic mass is 32.2. The minimum atomic E-state index is -6.27. The zero-order chi connectivity index (χ0) is 27.2. The lowest BCUT2D eigenvalue weighted by Crippen LogP contribution is -2.70. The molecule has 8 nitrogen and oxygen atoms in total. The first-order chi connectivity index (χ1) is 15.2. The van der Waals surface area contributed by atoms with Gasteiger partial charge >= 0.3 is 12.4 Å². The van der Waals surface area contributed by atoms with Crippen molar-refractivity contribution in [1.29, 1.82) is 0 Å². The molecule has 34 heavy (non-hydrogen) atoms. The Hall–Kier alpha value is -0.680. The lowest BCUT2D eigenvalue weighted by atomic mass is 9.67. The highest BCUT2D eigenvalue weighted by Crippen LogP contribution is 2.55. The maximum Gasteiger partial charge on any atom is 0.413 e. The van der Waals surface area contributed by atoms with Gasteiger partial charge in [-0.25, -0.2) is 0 Å². The van der Waals surface area contributed by atoms with Crippen LogP contribution in [0.15, 0.2) is 0 Å². The van der Waals surface area contributed by atoms with Crippen LogP contribution in [0.5, 0.6) is 0 Å². The third-order valence-electron chi connectivity index (χ3n) is 5.98. The molecule has 0 saturated carbocycles. The van der Waals surface area contributed by atoms with Crippen LogP contribution in [0.3, 0.4) is 0 Å². The lowest BCUT2D eigenvalue weighted by molar-refractivity contribution is -0.232. The van der Waals surface area contributed by atoms with E-state index in [1.54, 1.807) is 6.92 Å². The Bertz CT molecular complexity index is 843. The molecule has 0 amide bonds. The fraction of sp³-hybridized carbons (Fsp3) is 1.00. The minimum absolute atomic E-state index is 0.0120. The van der Waals surface area contributed by atoms with Gasteiger partial charge in [0.15, 0.2) is 5.25 Å². The highest BCUT2D eigenvalue weighted by Gasteiger charge is 2.75. The Labute approximate surface area is 195 Å². The maximum absolute atomic E-state index is 14.5. The standard InChI is InChI=1S/C18H32F6O8S2/c1-3-5-6-10-16(18(22,23)24,34(30,31)32)15(26,9-7-11-25)13(8-4-2)12-14(17(19,20)21)33(27,28)29/h13-14,25-26H,3-12H2,1-2H3,(H,27,28,29)(H,30,31,32). The van der Waals surface area contributed by atoms with E-state index in [0.29, 0.717) is 0 Å². The average Bonchev–Trinajstić information content (AvgIpc) is 2.62. The average molecular weight is 555 g/mol. The first-order valence-electron chi connectivity index (χ1n) is 10.6. The van der Waals surface area contributed by atoms with Crippen molar-refractivity contribution in [3.8, 4) is 0 Å². The molecule has 0 rings (SSSR count). The molecule has 0 aliphatic heterocycles. The number of hydrogen-bond donors (Lipinski definition) is 4. The highest BCUT2D eigenvalue weighted by molar-refractivity contribution is 7.87. The largest absolute Gasteiger partial charge is 0.413 e. The van der Waals surface area contributed by atoms with Crippen molar-refractivity contribution in [1.82, 2.24) is 0 Å². The van der Waals surface area contributed by atoms with Gasteiger partial charge in [0, 0.05) is 6.61 Å². The van der Waals surface area contributed by atoms with Crippen molar-refractivity contribution in [2.75, 3.05) is 6.61 Å². The molecule has 16 heteroatoms. The molecule has 0 aromatic rings. The van der Waals surface area contributed by atoms with Crippen molar-refractivity contribution in [3.63, 3.8) is 0 Å². The Balaban J connectivity index is 7.31. The van der Waals surface area contributed by atoms with Crippen LogP contribution in [0, 0.1) is 5.92 Å². The monoisotopic (exact) mass is 554 g/mol. The predicted molar refractivity (Wildman–Crippen MR) is 110 cm³/mol. The van der Waals surface area contributed by atoms with Crippen LogP contribution in [0.4, 0.5) is 26.3 Å². The number of alkyl halides is 6. The van der Waals surface area contributed by atoms with Crippen molar-refractivity contribution in [2.24, 2.45) is 5.92 Å². The number of aliphatic hydroxyl groups is 2. The summed E-state index contributed by atoms with van der Waals surface area (Å²) in [6, 6.07) is 0. The molecule has 4 unspecified atom stereocenters. The lowest BCUT2D eigenvalue weighted by Gasteiger charge is -2.50. The van der Waals surface area contributed by atoms with Crippen LogP contribution < -0.4 is 0 Å². The summed E-state index contributed by atoms with van der Waals surface area (Å²) in [4.78, 5) is 0. The second-order valence-electron chi connectivity index (χ2n) is 8.27. The molecule has 0 aromatic heterocycles. The molecular weight excluding hydrogens is 522 g/mol. The summed E-state index contributed by atoms with van der Waals surface area (Å²) in [7, 11) is -12.2. The van der Waals surface area contributed by atoms with Crippen molar-refractivity contribution >= 4 is 20.2 Å². The van der Waals surface area contributed by atoms with Gasteiger partial charge in [-0.05, 0) is 38.0 Å². The molecule has 0 aromatic carbocycles. The summed E-state index contributed by atoms with van der Waals surface area (Å²) < 4.78 is 146. The Morgan fingerprint density at radius 2 is 1.35 bits per heavy atom. The number of hydrogen-bond acceptors (Lipinski definition) is 6. The molecule has 206 valence electrons. The summed E-state index contributed by atoms with van der Waals surface area (Å²) in [6.07, 6.45) is -17.9. The third-order valence-corrected chi connectivity index (χ3v) is 8.83. The predicted octanol–water partition coefficient (Wildman–Crippen LogP) is 3.88. The van der Waals surface area contributed by atoms with Crippen molar-refractivity contribution in [2.45, 2.75) is 99.6 Å². The molecule has 4 N–H and O–H groups in total. The van der Waals surface area contributed by atoms with Crippen LogP contribution >= 0.6 is 0 Å². The Morgan fingerprint density at radius 3 is 1.68 bits per heavy atom. The van der Waals surface area contributed by atoms with E-state index >= 15 is 0 Å². The topological polar surface area (TPSA) is 149 Å². The molecule has 0 aliphatic carbocycles. The van der Waals surface area contributed by atoms with E-state index in [-0.39, 0.29) is 19.3 Å². The second kappa shape index (κ2) is 12.0. The van der Waals surface area contributed by atoms with Gasteiger partial charge in [-0.3, -0.25) is 9.11 Å². The maximum atomic E-state index is 14.5. The molecule has 0 fully saturated rings. The molecule has 0 aliphatic rings. The van der Waals surface area contributed by atoms with E-state index < -0.39 is 99.2 Å². The molecule has 0 spiro atoms. The smallest absolute Gasteiger partial charge is 0.396 e. The van der Waals surface area contributed by atoms with Crippen LogP contribution in [-0.2, 0) is 20.2 Å². The van der Waals surface area contributed by atoms with E-state index in [9.17, 15) is 52.8 Å². The van der Waals surface area contributed by atoms with Crippen LogP contribution in [-0.4, -0.2) is 70.7 Å². The first-order valence-corrected chi connectivity index (χ1v) is 13.5. The number of aliphatic hydroxyl groups excluding tert-OH is 1. The summed E-state index contributed by atoms with van der Waals surface area (Å²) in [5, 5.41) is 16.9. The molecular formula is C18H32F6O8S2. The van der Waals surface area contributed by atoms with Gasteiger partial charge in [-0.15, -0.1) is 0 Å². The first kappa shape index (κ1) is 33.3. The fourth-order valence-electron chi connectivity index (χ4n) is 4.39. The summed E-state index contributed by atoms with van der Waals surface area (Å²) in [5.74, 6) is -2.32. The summed E-state index contributed by atoms with van der Waals surface area (Å²) in [5.41, 5.74) is -3.68. The van der Waals surface area contributed by atoms with Gasteiger partial charge < -0.3 is 10.2 Å². The quantitative estimate of drug-likeness (QED) is 0.135. The van der Waals surface area contributed by atoms with Crippen LogP contribution in [0.1, 0.15) is 71.6 Å². The van der Waals surface area contributed by atoms with Crippen LogP contribution in [0.25, 0.3) is 0 Å². The number of unbranched alkanes of at least 4 members (excludes halogenated alkanes) is 2. The minimum Gasteiger partial charge on any atom is -0.396 e. The zero-order valence-corrected chi connectivity index (χ0v) is 20.4. The van der Waals surface area contributed by atoms with E-state index in [2.05, 4.69) is 0 Å². The van der Waals surface area contributed by atoms with Gasteiger partial charge in [0.2, 0.25) is 4.75 Å². The zero-order valence-electron chi connectivity index (χ0n) is 18.7. The summed E-state index contributed by atoms with van der Waals surface area (Å²) in [6.45, 7) is 1.95. The SMILES string of the molecule is CCCCCC(C(F)(F)F)(C(O)(CCCO)C(CCC)CC(C(F)(F)F)S(=O)(=O)O)S(=O)(=O)O. The Morgan fingerprint density at radius 1 is 0.824 bits per heavy atom. The number of halogens is 6. The van der Waals surface area contributed by atoms with Crippen LogP contribution in [0.2, 0.25) is 0 Å². The van der Waals surface area contributed by atoms with Gasteiger partial charge in [-0.1, -0.05) is 39.5 Å². The van der Waals surface area contributed by atoms with Crippen molar-refractivity contribution in [3.05, 3.63) is 0 Å². The summed E-state index contributed by atoms with van der Waals surface area (Å²) >= 11 is 0. The van der Waals surface area contributed by atoms with E-state index in [0.717, 1.165) is 0 Å². The number of rotatable bonds is 15. The fourth-order valence-corrected chi connectivity index (χ4v) is 6.62. The van der Waals surface area contributed by atoms with Gasteiger partial charge in [0.05, 0.1) is 5.60 Å². The van der Waals surface area contributed by atoms with Crippen molar-refractivity contribution < 1.29 is 62.5 Å². The second-order valence-corrected chi connectivity index (χ2v) is 11.5. The molecule has 0 heterocycles. The van der Waals surface area contributed by atoms with E-state index in [1.807, 2.05) is 0 Å². The Kier molecular flexibility index (Phi) is 11.8.